The lowest BCUT2D eigenvalue weighted by Gasteiger charge is -2.32. The smallest absolute Gasteiger partial charge is 0.413 e. The van der Waals surface area contributed by atoms with Crippen molar-refractivity contribution < 1.29 is 38.1 Å². The topological polar surface area (TPSA) is 101 Å². The molecule has 0 aliphatic carbocycles. The van der Waals surface area contributed by atoms with E-state index in [4.69, 9.17) is 23.7 Å². The Morgan fingerprint density at radius 3 is 1.89 bits per heavy atom. The molecule has 3 atom stereocenters. The van der Waals surface area contributed by atoms with Crippen molar-refractivity contribution in [3.8, 4) is 11.5 Å². The van der Waals surface area contributed by atoms with E-state index in [-0.39, 0.29) is 0 Å². The maximum atomic E-state index is 13.7. The molecule has 1 aliphatic heterocycles. The second-order valence-electron chi connectivity index (χ2n) is 10.7. The molecule has 37 heavy (non-hydrogen) atoms. The fraction of sp³-hybridized carbons (Fsp3) is 0.464. The number of ether oxygens (including phenoxy) is 5. The van der Waals surface area contributed by atoms with Crippen LogP contribution in [0.15, 0.2) is 48.5 Å². The van der Waals surface area contributed by atoms with E-state index in [0.29, 0.717) is 22.6 Å². The zero-order valence-electron chi connectivity index (χ0n) is 22.6. The minimum Gasteiger partial charge on any atom is -0.496 e. The highest BCUT2D eigenvalue weighted by Gasteiger charge is 2.53. The SMILES string of the molecule is COc1cccc(OC)c1C1O[C@@H](C(=O)OC(=O)C(C)(C)C)C(c2ccccc2)N1C(=O)OC(C)(C)C. The average Bonchev–Trinajstić information content (AvgIpc) is 3.23. The summed E-state index contributed by atoms with van der Waals surface area (Å²) in [6, 6.07) is 13.0. The van der Waals surface area contributed by atoms with Gasteiger partial charge in [-0.1, -0.05) is 36.4 Å². The van der Waals surface area contributed by atoms with Crippen LogP contribution in [0.2, 0.25) is 0 Å². The van der Waals surface area contributed by atoms with Gasteiger partial charge in [0.1, 0.15) is 23.1 Å². The Labute approximate surface area is 217 Å². The first-order valence-electron chi connectivity index (χ1n) is 12.0. The summed E-state index contributed by atoms with van der Waals surface area (Å²) in [5.41, 5.74) is -0.784. The number of carbonyl (C=O) groups excluding carboxylic acids is 3. The van der Waals surface area contributed by atoms with Crippen LogP contribution in [0.3, 0.4) is 0 Å². The molecule has 0 N–H and O–H groups in total. The summed E-state index contributed by atoms with van der Waals surface area (Å²) in [6.45, 7) is 10.1. The van der Waals surface area contributed by atoms with Gasteiger partial charge in [-0.15, -0.1) is 0 Å². The second kappa shape index (κ2) is 10.8. The summed E-state index contributed by atoms with van der Waals surface area (Å²) in [6.07, 6.45) is -3.23. The lowest BCUT2D eigenvalue weighted by Crippen LogP contribution is -2.41. The minimum absolute atomic E-state index is 0.379. The van der Waals surface area contributed by atoms with Gasteiger partial charge in [0.25, 0.3) is 0 Å². The Morgan fingerprint density at radius 1 is 0.838 bits per heavy atom. The van der Waals surface area contributed by atoms with Crippen molar-refractivity contribution in [2.45, 2.75) is 65.5 Å². The quantitative estimate of drug-likeness (QED) is 0.398. The van der Waals surface area contributed by atoms with Gasteiger partial charge in [-0.3, -0.25) is 9.69 Å². The Bertz CT molecular complexity index is 1110. The molecule has 0 spiro atoms. The van der Waals surface area contributed by atoms with Gasteiger partial charge in [-0.05, 0) is 59.2 Å². The molecule has 2 unspecified atom stereocenters. The maximum absolute atomic E-state index is 13.7. The van der Waals surface area contributed by atoms with Crippen molar-refractivity contribution in [1.29, 1.82) is 0 Å². The third kappa shape index (κ3) is 6.22. The number of hydrogen-bond acceptors (Lipinski definition) is 8. The van der Waals surface area contributed by atoms with Gasteiger partial charge in [0, 0.05) is 0 Å². The second-order valence-corrected chi connectivity index (χ2v) is 10.7. The number of amides is 1. The summed E-state index contributed by atoms with van der Waals surface area (Å²) in [5, 5.41) is 0. The van der Waals surface area contributed by atoms with Gasteiger partial charge < -0.3 is 23.7 Å². The van der Waals surface area contributed by atoms with Crippen LogP contribution in [0.1, 0.15) is 64.9 Å². The average molecular weight is 514 g/mol. The summed E-state index contributed by atoms with van der Waals surface area (Å²) < 4.78 is 28.4. The Hall–Kier alpha value is -3.59. The number of esters is 2. The van der Waals surface area contributed by atoms with E-state index < -0.39 is 47.4 Å². The lowest BCUT2D eigenvalue weighted by molar-refractivity contribution is -0.173. The largest absolute Gasteiger partial charge is 0.496 e. The Morgan fingerprint density at radius 2 is 1.41 bits per heavy atom. The van der Waals surface area contributed by atoms with Crippen molar-refractivity contribution in [1.82, 2.24) is 4.90 Å². The van der Waals surface area contributed by atoms with E-state index in [0.717, 1.165) is 0 Å². The van der Waals surface area contributed by atoms with Crippen molar-refractivity contribution in [2.75, 3.05) is 14.2 Å². The van der Waals surface area contributed by atoms with Gasteiger partial charge in [0.2, 0.25) is 0 Å². The van der Waals surface area contributed by atoms with Gasteiger partial charge in [0.15, 0.2) is 12.3 Å². The molecule has 1 aliphatic rings. The molecule has 0 radical (unpaired) electrons. The summed E-state index contributed by atoms with van der Waals surface area (Å²) in [4.78, 5) is 41.0. The van der Waals surface area contributed by atoms with Crippen molar-refractivity contribution >= 4 is 18.0 Å². The molecule has 200 valence electrons. The minimum atomic E-state index is -1.35. The monoisotopic (exact) mass is 513 g/mol. The number of rotatable bonds is 5. The predicted octanol–water partition coefficient (Wildman–Crippen LogP) is 5.20. The molecule has 1 saturated heterocycles. The van der Waals surface area contributed by atoms with Crippen LogP contribution in [-0.4, -0.2) is 48.9 Å². The van der Waals surface area contributed by atoms with Crippen LogP contribution in [0.5, 0.6) is 11.5 Å². The number of nitrogens with zero attached hydrogens (tertiary/aromatic N) is 1. The van der Waals surface area contributed by atoms with Gasteiger partial charge in [0.05, 0.1) is 25.2 Å². The normalized spacial score (nSPS) is 19.8. The molecule has 2 aromatic carbocycles. The van der Waals surface area contributed by atoms with E-state index >= 15 is 0 Å². The van der Waals surface area contributed by atoms with E-state index in [1.54, 1.807) is 84.0 Å². The number of hydrogen-bond donors (Lipinski definition) is 0. The molecule has 0 bridgehead atoms. The predicted molar refractivity (Wildman–Crippen MR) is 135 cm³/mol. The van der Waals surface area contributed by atoms with Crippen LogP contribution >= 0.6 is 0 Å². The molecule has 1 amide bonds. The summed E-state index contributed by atoms with van der Waals surface area (Å²) >= 11 is 0. The first-order chi connectivity index (χ1) is 17.3. The van der Waals surface area contributed by atoms with E-state index in [9.17, 15) is 14.4 Å². The van der Waals surface area contributed by atoms with Crippen LogP contribution in [-0.2, 0) is 23.8 Å². The summed E-state index contributed by atoms with van der Waals surface area (Å²) in [7, 11) is 2.96. The lowest BCUT2D eigenvalue weighted by atomic mass is 9.97. The third-order valence-electron chi connectivity index (χ3n) is 5.61. The van der Waals surface area contributed by atoms with E-state index in [1.165, 1.54) is 19.1 Å². The number of methoxy groups -OCH3 is 2. The fourth-order valence-corrected chi connectivity index (χ4v) is 3.90. The van der Waals surface area contributed by atoms with Crippen LogP contribution in [0.25, 0.3) is 0 Å². The van der Waals surface area contributed by atoms with Crippen molar-refractivity contribution in [2.24, 2.45) is 5.41 Å². The molecule has 3 rings (SSSR count). The summed E-state index contributed by atoms with van der Waals surface area (Å²) in [5.74, 6) is -0.872. The molecular weight excluding hydrogens is 478 g/mol. The van der Waals surface area contributed by atoms with E-state index in [2.05, 4.69) is 0 Å². The standard InChI is InChI=1S/C28H35NO8/c1-27(2,3)25(31)36-24(30)22-21(17-13-10-9-11-14-17)29(26(32)37-28(4,5)6)23(35-22)20-18(33-7)15-12-16-19(20)34-8/h9-16,21-23H,1-8H3/t21?,22-,23?/m1/s1. The molecule has 1 heterocycles. The third-order valence-corrected chi connectivity index (χ3v) is 5.61. The van der Waals surface area contributed by atoms with Crippen LogP contribution in [0.4, 0.5) is 4.79 Å². The first-order valence-corrected chi connectivity index (χ1v) is 12.0. The zero-order chi connectivity index (χ0) is 27.5. The van der Waals surface area contributed by atoms with Crippen molar-refractivity contribution in [3.05, 3.63) is 59.7 Å². The highest BCUT2D eigenvalue weighted by molar-refractivity contribution is 5.91. The van der Waals surface area contributed by atoms with Crippen molar-refractivity contribution in [3.63, 3.8) is 0 Å². The number of benzene rings is 2. The van der Waals surface area contributed by atoms with Crippen LogP contribution in [0, 0.1) is 5.41 Å². The first kappa shape index (κ1) is 28.0. The molecular formula is C28H35NO8. The number of carbonyl (C=O) groups is 3. The zero-order valence-corrected chi connectivity index (χ0v) is 22.6. The molecule has 0 aromatic heterocycles. The molecule has 1 fully saturated rings. The highest BCUT2D eigenvalue weighted by atomic mass is 16.6. The Kier molecular flexibility index (Phi) is 8.17. The van der Waals surface area contributed by atoms with Gasteiger partial charge in [-0.25, -0.2) is 9.59 Å². The maximum Gasteiger partial charge on any atom is 0.413 e. The molecule has 9 nitrogen and oxygen atoms in total. The van der Waals surface area contributed by atoms with E-state index in [1.807, 2.05) is 6.07 Å². The van der Waals surface area contributed by atoms with Gasteiger partial charge >= 0.3 is 18.0 Å². The molecule has 2 aromatic rings. The fourth-order valence-electron chi connectivity index (χ4n) is 3.90. The van der Waals surface area contributed by atoms with Gasteiger partial charge in [-0.2, -0.15) is 0 Å². The Balaban J connectivity index is 2.20. The highest BCUT2D eigenvalue weighted by Crippen LogP contribution is 2.49. The molecule has 0 saturated carbocycles. The van der Waals surface area contributed by atoms with Crippen LogP contribution < -0.4 is 9.47 Å². The molecule has 9 heteroatoms.